The predicted molar refractivity (Wildman–Crippen MR) is 55.5 cm³/mol. The van der Waals surface area contributed by atoms with E-state index in [1.54, 1.807) is 6.07 Å². The zero-order chi connectivity index (χ0) is 10.2. The molecule has 1 aromatic rings. The summed E-state index contributed by atoms with van der Waals surface area (Å²) in [6.45, 7) is 0. The van der Waals surface area contributed by atoms with Gasteiger partial charge in [0, 0.05) is 11.4 Å². The molecule has 1 aromatic carbocycles. The van der Waals surface area contributed by atoms with Gasteiger partial charge in [0.15, 0.2) is 0 Å². The molecular weight excluding hydrogens is 250 g/mol. The van der Waals surface area contributed by atoms with Crippen molar-refractivity contribution in [1.29, 1.82) is 0 Å². The molecule has 14 heavy (non-hydrogen) atoms. The summed E-state index contributed by atoms with van der Waals surface area (Å²) in [6.07, 6.45) is 2.98. The molecule has 1 saturated carbocycles. The smallest absolute Gasteiger partial charge is 0.129 e. The van der Waals surface area contributed by atoms with Crippen LogP contribution in [-0.4, -0.2) is 5.33 Å². The average Bonchev–Trinajstić information content (AvgIpc) is 2.91. The predicted octanol–water partition coefficient (Wildman–Crippen LogP) is 3.68. The van der Waals surface area contributed by atoms with E-state index in [4.69, 9.17) is 0 Å². The lowest BCUT2D eigenvalue weighted by molar-refractivity contribution is 0.532. The minimum atomic E-state index is -0.505. The number of alkyl halides is 1. The van der Waals surface area contributed by atoms with Gasteiger partial charge in [0.2, 0.25) is 0 Å². The highest BCUT2D eigenvalue weighted by molar-refractivity contribution is 9.09. The third kappa shape index (κ3) is 1.97. The maximum absolute atomic E-state index is 13.3. The zero-order valence-electron chi connectivity index (χ0n) is 7.69. The molecule has 2 rings (SSSR count). The molecule has 0 aromatic heterocycles. The van der Waals surface area contributed by atoms with E-state index in [0.717, 1.165) is 24.2 Å². The molecule has 1 fully saturated rings. The van der Waals surface area contributed by atoms with Crippen LogP contribution in [0.4, 0.5) is 8.78 Å². The van der Waals surface area contributed by atoms with E-state index < -0.39 is 11.6 Å². The summed E-state index contributed by atoms with van der Waals surface area (Å²) < 4.78 is 25.9. The van der Waals surface area contributed by atoms with E-state index in [1.807, 2.05) is 0 Å². The first-order valence-corrected chi connectivity index (χ1v) is 5.77. The first-order valence-electron chi connectivity index (χ1n) is 4.65. The Kier molecular flexibility index (Phi) is 2.60. The zero-order valence-corrected chi connectivity index (χ0v) is 9.28. The summed E-state index contributed by atoms with van der Waals surface area (Å²) in [6, 6.07) is 3.83. The van der Waals surface area contributed by atoms with Crippen LogP contribution in [0.2, 0.25) is 0 Å². The molecule has 0 N–H and O–H groups in total. The lowest BCUT2D eigenvalue weighted by Crippen LogP contribution is -2.07. The Morgan fingerprint density at radius 1 is 1.29 bits per heavy atom. The van der Waals surface area contributed by atoms with Gasteiger partial charge >= 0.3 is 0 Å². The molecule has 0 atom stereocenters. The van der Waals surface area contributed by atoms with Crippen LogP contribution in [0.3, 0.4) is 0 Å². The van der Waals surface area contributed by atoms with Gasteiger partial charge in [-0.05, 0) is 36.3 Å². The van der Waals surface area contributed by atoms with Crippen molar-refractivity contribution in [3.8, 4) is 0 Å². The molecule has 0 bridgehead atoms. The van der Waals surface area contributed by atoms with Gasteiger partial charge in [0.05, 0.1) is 0 Å². The second kappa shape index (κ2) is 3.61. The topological polar surface area (TPSA) is 0 Å². The van der Waals surface area contributed by atoms with Crippen molar-refractivity contribution in [2.24, 2.45) is 5.41 Å². The van der Waals surface area contributed by atoms with Crippen molar-refractivity contribution in [2.75, 3.05) is 5.33 Å². The first-order chi connectivity index (χ1) is 6.65. The Morgan fingerprint density at radius 2 is 2.00 bits per heavy atom. The standard InChI is InChI=1S/C11H11BrF2/c12-7-11(3-4-11)6-8-1-2-9(13)5-10(8)14/h1-2,5H,3-4,6-7H2. The fourth-order valence-electron chi connectivity index (χ4n) is 1.60. The summed E-state index contributed by atoms with van der Waals surface area (Å²) in [4.78, 5) is 0. The summed E-state index contributed by atoms with van der Waals surface area (Å²) in [5, 5.41) is 0.900. The molecule has 0 heterocycles. The van der Waals surface area contributed by atoms with Gasteiger partial charge in [-0.1, -0.05) is 22.0 Å². The molecule has 0 saturated heterocycles. The van der Waals surface area contributed by atoms with Crippen molar-refractivity contribution in [1.82, 2.24) is 0 Å². The number of hydrogen-bond donors (Lipinski definition) is 0. The normalized spacial score (nSPS) is 18.2. The Labute approximate surface area is 90.4 Å². The van der Waals surface area contributed by atoms with Crippen LogP contribution in [0.5, 0.6) is 0 Å². The van der Waals surface area contributed by atoms with Gasteiger partial charge in [-0.15, -0.1) is 0 Å². The van der Waals surface area contributed by atoms with E-state index in [2.05, 4.69) is 15.9 Å². The highest BCUT2D eigenvalue weighted by Gasteiger charge is 2.41. The Balaban J connectivity index is 2.17. The van der Waals surface area contributed by atoms with Crippen molar-refractivity contribution >= 4 is 15.9 Å². The van der Waals surface area contributed by atoms with Crippen molar-refractivity contribution in [3.05, 3.63) is 35.4 Å². The Morgan fingerprint density at radius 3 is 2.50 bits per heavy atom. The summed E-state index contributed by atoms with van der Waals surface area (Å²) in [7, 11) is 0. The summed E-state index contributed by atoms with van der Waals surface area (Å²) >= 11 is 3.43. The average molecular weight is 261 g/mol. The molecule has 1 aliphatic carbocycles. The molecule has 1 aliphatic rings. The molecule has 0 spiro atoms. The van der Waals surface area contributed by atoms with Crippen LogP contribution in [0.1, 0.15) is 18.4 Å². The molecule has 3 heteroatoms. The molecule has 76 valence electrons. The molecule has 0 radical (unpaired) electrons. The minimum Gasteiger partial charge on any atom is -0.207 e. The molecular formula is C11H11BrF2. The maximum Gasteiger partial charge on any atom is 0.129 e. The van der Waals surface area contributed by atoms with Crippen LogP contribution < -0.4 is 0 Å². The van der Waals surface area contributed by atoms with Crippen LogP contribution in [0, 0.1) is 17.0 Å². The van der Waals surface area contributed by atoms with Crippen LogP contribution >= 0.6 is 15.9 Å². The van der Waals surface area contributed by atoms with Crippen molar-refractivity contribution in [2.45, 2.75) is 19.3 Å². The summed E-state index contributed by atoms with van der Waals surface area (Å²) in [5.41, 5.74) is 0.863. The number of halogens is 3. The van der Waals surface area contributed by atoms with Gasteiger partial charge < -0.3 is 0 Å². The maximum atomic E-state index is 13.3. The first kappa shape index (κ1) is 10.1. The van der Waals surface area contributed by atoms with E-state index >= 15 is 0 Å². The van der Waals surface area contributed by atoms with Gasteiger partial charge in [-0.3, -0.25) is 0 Å². The minimum absolute atomic E-state index is 0.235. The van der Waals surface area contributed by atoms with Crippen molar-refractivity contribution in [3.63, 3.8) is 0 Å². The van der Waals surface area contributed by atoms with E-state index in [-0.39, 0.29) is 5.41 Å². The van der Waals surface area contributed by atoms with Gasteiger partial charge in [0.1, 0.15) is 11.6 Å². The second-order valence-corrected chi connectivity index (χ2v) is 4.61. The molecule has 0 amide bonds. The van der Waals surface area contributed by atoms with Gasteiger partial charge in [-0.2, -0.15) is 0 Å². The van der Waals surface area contributed by atoms with Crippen LogP contribution in [-0.2, 0) is 6.42 Å². The largest absolute Gasteiger partial charge is 0.207 e. The van der Waals surface area contributed by atoms with E-state index in [0.29, 0.717) is 12.0 Å². The Bertz CT molecular complexity index is 345. The van der Waals surface area contributed by atoms with Gasteiger partial charge in [0.25, 0.3) is 0 Å². The monoisotopic (exact) mass is 260 g/mol. The van der Waals surface area contributed by atoms with Crippen LogP contribution in [0.15, 0.2) is 18.2 Å². The van der Waals surface area contributed by atoms with E-state index in [9.17, 15) is 8.78 Å². The highest BCUT2D eigenvalue weighted by atomic mass is 79.9. The Hall–Kier alpha value is -0.440. The fraction of sp³-hybridized carbons (Fsp3) is 0.455. The molecule has 0 nitrogen and oxygen atoms in total. The molecule has 0 unspecified atom stereocenters. The van der Waals surface area contributed by atoms with Gasteiger partial charge in [-0.25, -0.2) is 8.78 Å². The number of hydrogen-bond acceptors (Lipinski definition) is 0. The second-order valence-electron chi connectivity index (χ2n) is 4.05. The highest BCUT2D eigenvalue weighted by Crippen LogP contribution is 2.49. The SMILES string of the molecule is Fc1ccc(CC2(CBr)CC2)c(F)c1. The fourth-order valence-corrected chi connectivity index (χ4v) is 2.36. The quantitative estimate of drug-likeness (QED) is 0.728. The van der Waals surface area contributed by atoms with Crippen LogP contribution in [0.25, 0.3) is 0 Å². The molecule has 0 aliphatic heterocycles. The lowest BCUT2D eigenvalue weighted by atomic mass is 9.98. The number of benzene rings is 1. The third-order valence-corrected chi connectivity index (χ3v) is 4.01. The number of rotatable bonds is 3. The summed E-state index contributed by atoms with van der Waals surface area (Å²) in [5.74, 6) is -0.924. The third-order valence-electron chi connectivity index (χ3n) is 2.82. The van der Waals surface area contributed by atoms with E-state index in [1.165, 1.54) is 6.07 Å². The lowest BCUT2D eigenvalue weighted by Gasteiger charge is -2.11. The van der Waals surface area contributed by atoms with Crippen molar-refractivity contribution < 1.29 is 8.78 Å².